The Labute approximate surface area is 326 Å². The maximum Gasteiger partial charge on any atom is 0.343 e. The Morgan fingerprint density at radius 2 is 0.719 bits per heavy atom. The van der Waals surface area contributed by atoms with Gasteiger partial charge >= 0.3 is 11.3 Å². The largest absolute Gasteiger partial charge is 0.507 e. The average molecular weight is 761 g/mol. The monoisotopic (exact) mass is 760 g/mol. The van der Waals surface area contributed by atoms with Crippen molar-refractivity contribution in [2.75, 3.05) is 0 Å². The summed E-state index contributed by atoms with van der Waals surface area (Å²) in [6, 6.07) is 44.2. The first-order chi connectivity index (χ1) is 27.9. The first-order valence-corrected chi connectivity index (χ1v) is 18.2. The minimum atomic E-state index is -0.944. The van der Waals surface area contributed by atoms with E-state index in [4.69, 9.17) is 27.8 Å². The second kappa shape index (κ2) is 16.5. The van der Waals surface area contributed by atoms with Crippen molar-refractivity contribution in [3.63, 3.8) is 0 Å². The highest BCUT2D eigenvalue weighted by atomic mass is 16.5. The van der Waals surface area contributed by atoms with Crippen molar-refractivity contribution in [2.24, 2.45) is 0 Å². The molecule has 0 aliphatic rings. The fraction of sp³-hybridized carbons (Fsp3) is 0.106. The first-order valence-electron chi connectivity index (χ1n) is 18.2. The first kappa shape index (κ1) is 36.5. The number of fused-ring (bicyclic) bond motifs is 2. The molecule has 2 aromatic heterocycles. The van der Waals surface area contributed by atoms with Crippen LogP contribution >= 0.6 is 0 Å². The molecule has 0 saturated carbocycles. The molecule has 10 heteroatoms. The van der Waals surface area contributed by atoms with Gasteiger partial charge < -0.3 is 38.0 Å². The number of ether oxygens (including phenoxy) is 4. The molecule has 0 atom stereocenters. The van der Waals surface area contributed by atoms with E-state index < -0.39 is 29.2 Å². The van der Waals surface area contributed by atoms with Crippen LogP contribution in [0.5, 0.6) is 34.5 Å². The van der Waals surface area contributed by atoms with E-state index in [1.54, 1.807) is 24.3 Å². The lowest BCUT2D eigenvalue weighted by Crippen LogP contribution is -2.15. The Kier molecular flexibility index (Phi) is 10.6. The molecule has 0 radical (unpaired) electrons. The van der Waals surface area contributed by atoms with E-state index in [0.29, 0.717) is 11.5 Å². The number of hydrogen-bond donors (Lipinski definition) is 2. The van der Waals surface area contributed by atoms with E-state index in [2.05, 4.69) is 0 Å². The van der Waals surface area contributed by atoms with E-state index in [9.17, 15) is 19.8 Å². The van der Waals surface area contributed by atoms with E-state index in [-0.39, 0.29) is 71.0 Å². The summed E-state index contributed by atoms with van der Waals surface area (Å²) >= 11 is 0. The summed E-state index contributed by atoms with van der Waals surface area (Å²) < 4.78 is 36.3. The maximum absolute atomic E-state index is 13.7. The van der Waals surface area contributed by atoms with Gasteiger partial charge in [0.2, 0.25) is 11.5 Å². The fourth-order valence-electron chi connectivity index (χ4n) is 6.41. The van der Waals surface area contributed by atoms with Crippen LogP contribution in [-0.2, 0) is 32.8 Å². The highest BCUT2D eigenvalue weighted by Gasteiger charge is 2.26. The summed E-state index contributed by atoms with van der Waals surface area (Å²) in [5.74, 6) is -0.0717. The number of aromatic hydroxyl groups is 2. The van der Waals surface area contributed by atoms with Gasteiger partial charge in [-0.05, 0) is 46.5 Å². The van der Waals surface area contributed by atoms with Crippen LogP contribution in [0.1, 0.15) is 33.4 Å². The molecule has 0 amide bonds. The SMILES string of the molecule is O=c1oc2c(OCc3ccccc3)c(OCc3ccccc3)ccc2c(O)c1Cc1c(O)c2ccc(OCc3ccccc3)c(OCc3ccccc3)c2oc1=O. The molecule has 0 spiro atoms. The van der Waals surface area contributed by atoms with Crippen molar-refractivity contribution in [3.8, 4) is 34.5 Å². The Bertz CT molecular complexity index is 2570. The fourth-order valence-corrected chi connectivity index (χ4v) is 6.41. The van der Waals surface area contributed by atoms with Gasteiger partial charge in [-0.15, -0.1) is 0 Å². The highest BCUT2D eigenvalue weighted by Crippen LogP contribution is 2.43. The summed E-state index contributed by atoms with van der Waals surface area (Å²) in [5, 5.41) is 23.5. The predicted molar refractivity (Wildman–Crippen MR) is 214 cm³/mol. The smallest absolute Gasteiger partial charge is 0.343 e. The van der Waals surface area contributed by atoms with Gasteiger partial charge in [0.25, 0.3) is 0 Å². The zero-order valence-electron chi connectivity index (χ0n) is 30.6. The molecular formula is C47H36O10. The Balaban J connectivity index is 1.15. The molecule has 10 nitrogen and oxygen atoms in total. The van der Waals surface area contributed by atoms with Crippen molar-refractivity contribution >= 4 is 21.9 Å². The van der Waals surface area contributed by atoms with Crippen LogP contribution in [0.25, 0.3) is 21.9 Å². The lowest BCUT2D eigenvalue weighted by Gasteiger charge is -2.17. The van der Waals surface area contributed by atoms with Crippen LogP contribution in [0.2, 0.25) is 0 Å². The van der Waals surface area contributed by atoms with E-state index in [1.807, 2.05) is 121 Å². The number of benzene rings is 6. The topological polar surface area (TPSA) is 138 Å². The van der Waals surface area contributed by atoms with E-state index >= 15 is 0 Å². The second-order valence-corrected chi connectivity index (χ2v) is 13.2. The highest BCUT2D eigenvalue weighted by molar-refractivity contribution is 5.92. The van der Waals surface area contributed by atoms with Crippen molar-refractivity contribution in [3.05, 3.63) is 200 Å². The molecule has 8 aromatic rings. The molecule has 0 unspecified atom stereocenters. The van der Waals surface area contributed by atoms with Crippen LogP contribution in [-0.4, -0.2) is 10.2 Å². The number of hydrogen-bond acceptors (Lipinski definition) is 10. The third-order valence-corrected chi connectivity index (χ3v) is 9.40. The standard InChI is InChI=1S/C47H36O10/c48-40-34-21-23-38(52-26-30-13-5-1-6-14-30)44(54-28-32-17-9-3-10-18-32)42(34)56-46(50)36(40)25-37-41(49)35-22-24-39(53-27-31-15-7-2-8-16-31)45(43(35)57-47(37)51)55-29-33-19-11-4-12-20-33/h1-24,48-49H,25-29H2. The van der Waals surface area contributed by atoms with Crippen LogP contribution in [0, 0.1) is 0 Å². The van der Waals surface area contributed by atoms with Gasteiger partial charge in [0.05, 0.1) is 21.9 Å². The van der Waals surface area contributed by atoms with Gasteiger partial charge in [0.15, 0.2) is 22.7 Å². The van der Waals surface area contributed by atoms with Crippen LogP contribution < -0.4 is 30.2 Å². The van der Waals surface area contributed by atoms with Gasteiger partial charge in [-0.1, -0.05) is 121 Å². The molecule has 0 bridgehead atoms. The summed E-state index contributed by atoms with van der Waals surface area (Å²) in [5.41, 5.74) is 1.03. The summed E-state index contributed by atoms with van der Waals surface area (Å²) in [6.45, 7) is 0.657. The molecule has 0 saturated heterocycles. The quantitative estimate of drug-likeness (QED) is 0.103. The lowest BCUT2D eigenvalue weighted by molar-refractivity contribution is 0.255. The van der Waals surface area contributed by atoms with Gasteiger partial charge in [-0.3, -0.25) is 0 Å². The Morgan fingerprint density at radius 3 is 1.05 bits per heavy atom. The molecule has 57 heavy (non-hydrogen) atoms. The second-order valence-electron chi connectivity index (χ2n) is 13.2. The molecule has 0 aliphatic heterocycles. The Hall–Kier alpha value is -7.46. The van der Waals surface area contributed by atoms with Crippen LogP contribution in [0.4, 0.5) is 0 Å². The summed E-state index contributed by atoms with van der Waals surface area (Å²) in [6.07, 6.45) is -0.507. The minimum Gasteiger partial charge on any atom is -0.507 e. The third-order valence-electron chi connectivity index (χ3n) is 9.40. The van der Waals surface area contributed by atoms with Crippen molar-refractivity contribution in [1.29, 1.82) is 0 Å². The summed E-state index contributed by atoms with van der Waals surface area (Å²) in [7, 11) is 0. The molecule has 284 valence electrons. The third kappa shape index (κ3) is 8.01. The molecular weight excluding hydrogens is 725 g/mol. The summed E-state index contributed by atoms with van der Waals surface area (Å²) in [4.78, 5) is 27.4. The molecule has 6 aromatic carbocycles. The molecule has 8 rings (SSSR count). The van der Waals surface area contributed by atoms with Gasteiger partial charge in [0, 0.05) is 6.42 Å². The minimum absolute atomic E-state index is 0.0410. The zero-order valence-corrected chi connectivity index (χ0v) is 30.6. The van der Waals surface area contributed by atoms with E-state index in [0.717, 1.165) is 22.3 Å². The zero-order chi connectivity index (χ0) is 39.1. The molecule has 0 fully saturated rings. The lowest BCUT2D eigenvalue weighted by atomic mass is 10.0. The molecule has 2 heterocycles. The van der Waals surface area contributed by atoms with Gasteiger partial charge in [-0.2, -0.15) is 0 Å². The maximum atomic E-state index is 13.7. The van der Waals surface area contributed by atoms with Gasteiger partial charge in [0.1, 0.15) is 37.9 Å². The normalized spacial score (nSPS) is 11.1. The molecule has 2 N–H and O–H groups in total. The van der Waals surface area contributed by atoms with Crippen molar-refractivity contribution < 1.29 is 38.0 Å². The van der Waals surface area contributed by atoms with Crippen molar-refractivity contribution in [2.45, 2.75) is 32.8 Å². The van der Waals surface area contributed by atoms with Crippen LogP contribution in [0.15, 0.2) is 164 Å². The van der Waals surface area contributed by atoms with E-state index in [1.165, 1.54) is 0 Å². The molecule has 0 aliphatic carbocycles. The average Bonchev–Trinajstić information content (AvgIpc) is 3.24. The van der Waals surface area contributed by atoms with Crippen molar-refractivity contribution in [1.82, 2.24) is 0 Å². The van der Waals surface area contributed by atoms with Crippen LogP contribution in [0.3, 0.4) is 0 Å². The van der Waals surface area contributed by atoms with Gasteiger partial charge in [-0.25, -0.2) is 9.59 Å². The Morgan fingerprint density at radius 1 is 0.404 bits per heavy atom. The number of rotatable bonds is 14. The predicted octanol–water partition coefficient (Wildman–Crippen LogP) is 9.22.